The Morgan fingerprint density at radius 2 is 1.82 bits per heavy atom. The van der Waals surface area contributed by atoms with E-state index in [4.69, 9.17) is 16.6 Å². The zero-order valence-electron chi connectivity index (χ0n) is 15.2. The number of thiocarbonyl (C=S) groups is 1. The summed E-state index contributed by atoms with van der Waals surface area (Å²) in [4.78, 5) is 24.8. The summed E-state index contributed by atoms with van der Waals surface area (Å²) in [7, 11) is 0. The van der Waals surface area contributed by atoms with Crippen LogP contribution in [0.4, 0.5) is 5.69 Å². The number of hydrogen-bond donors (Lipinski definition) is 3. The van der Waals surface area contributed by atoms with Gasteiger partial charge in [-0.2, -0.15) is 0 Å². The molecule has 0 aliphatic rings. The van der Waals surface area contributed by atoms with Crippen LogP contribution in [-0.4, -0.2) is 16.9 Å². The van der Waals surface area contributed by atoms with E-state index in [2.05, 4.69) is 16.0 Å². The zero-order chi connectivity index (χ0) is 19.9. The fourth-order valence-corrected chi connectivity index (χ4v) is 2.78. The summed E-state index contributed by atoms with van der Waals surface area (Å²) in [5.74, 6) is 0.0491. The second-order valence-corrected chi connectivity index (χ2v) is 6.49. The van der Waals surface area contributed by atoms with Crippen molar-refractivity contribution in [3.63, 3.8) is 0 Å². The molecule has 2 aromatic carbocycles. The SMILES string of the molecule is Cc1cccc(C(=O)NC(=S)Nc2ccccc2C(=O)NCc2ccco2)c1. The Labute approximate surface area is 167 Å². The molecule has 0 radical (unpaired) electrons. The van der Waals surface area contributed by atoms with Gasteiger partial charge in [0.25, 0.3) is 11.8 Å². The smallest absolute Gasteiger partial charge is 0.257 e. The summed E-state index contributed by atoms with van der Waals surface area (Å²) in [6.07, 6.45) is 1.55. The largest absolute Gasteiger partial charge is 0.467 e. The molecular weight excluding hydrogens is 374 g/mol. The molecule has 3 N–H and O–H groups in total. The molecule has 0 saturated heterocycles. The highest BCUT2D eigenvalue weighted by molar-refractivity contribution is 7.80. The Hall–Kier alpha value is -3.45. The van der Waals surface area contributed by atoms with Crippen LogP contribution >= 0.6 is 12.2 Å². The lowest BCUT2D eigenvalue weighted by Crippen LogP contribution is -2.35. The number of para-hydroxylation sites is 1. The van der Waals surface area contributed by atoms with Gasteiger partial charge in [0.15, 0.2) is 5.11 Å². The van der Waals surface area contributed by atoms with Gasteiger partial charge in [-0.25, -0.2) is 0 Å². The Morgan fingerprint density at radius 1 is 1.00 bits per heavy atom. The van der Waals surface area contributed by atoms with Crippen molar-refractivity contribution >= 4 is 34.8 Å². The molecule has 3 rings (SSSR count). The zero-order valence-corrected chi connectivity index (χ0v) is 16.0. The number of anilines is 1. The number of carbonyl (C=O) groups excluding carboxylic acids is 2. The molecule has 1 aromatic heterocycles. The minimum absolute atomic E-state index is 0.109. The molecule has 0 bridgehead atoms. The van der Waals surface area contributed by atoms with E-state index in [0.717, 1.165) is 5.56 Å². The van der Waals surface area contributed by atoms with E-state index in [1.54, 1.807) is 60.9 Å². The standard InChI is InChI=1S/C21H19N3O3S/c1-14-6-4-7-15(12-14)19(25)24-21(28)23-18-10-3-2-9-17(18)20(26)22-13-16-8-5-11-27-16/h2-12H,13H2,1H3,(H,22,26)(H2,23,24,25,28). The lowest BCUT2D eigenvalue weighted by molar-refractivity contribution is 0.0947. The van der Waals surface area contributed by atoms with Gasteiger partial charge >= 0.3 is 0 Å². The van der Waals surface area contributed by atoms with Gasteiger partial charge in [0.05, 0.1) is 24.1 Å². The van der Waals surface area contributed by atoms with Crippen LogP contribution in [0.3, 0.4) is 0 Å². The summed E-state index contributed by atoms with van der Waals surface area (Å²) in [5, 5.41) is 8.44. The number of nitrogens with one attached hydrogen (secondary N) is 3. The maximum Gasteiger partial charge on any atom is 0.257 e. The predicted molar refractivity (Wildman–Crippen MR) is 111 cm³/mol. The summed E-state index contributed by atoms with van der Waals surface area (Å²) < 4.78 is 5.21. The van der Waals surface area contributed by atoms with E-state index in [-0.39, 0.29) is 23.5 Å². The van der Waals surface area contributed by atoms with Crippen molar-refractivity contribution < 1.29 is 14.0 Å². The van der Waals surface area contributed by atoms with Gasteiger partial charge in [-0.15, -0.1) is 0 Å². The van der Waals surface area contributed by atoms with Crippen LogP contribution in [0.15, 0.2) is 71.3 Å². The first-order valence-electron chi connectivity index (χ1n) is 8.61. The molecular formula is C21H19N3O3S. The molecule has 3 aromatic rings. The van der Waals surface area contributed by atoms with Crippen LogP contribution in [0, 0.1) is 6.92 Å². The van der Waals surface area contributed by atoms with E-state index in [9.17, 15) is 9.59 Å². The van der Waals surface area contributed by atoms with Crippen molar-refractivity contribution in [1.29, 1.82) is 0 Å². The van der Waals surface area contributed by atoms with Crippen molar-refractivity contribution in [2.24, 2.45) is 0 Å². The number of benzene rings is 2. The second-order valence-electron chi connectivity index (χ2n) is 6.09. The van der Waals surface area contributed by atoms with E-state index in [1.165, 1.54) is 0 Å². The molecule has 0 fully saturated rings. The molecule has 0 atom stereocenters. The molecule has 2 amide bonds. The third kappa shape index (κ3) is 5.05. The van der Waals surface area contributed by atoms with Crippen molar-refractivity contribution in [2.45, 2.75) is 13.5 Å². The van der Waals surface area contributed by atoms with Crippen molar-refractivity contribution in [3.8, 4) is 0 Å². The van der Waals surface area contributed by atoms with Gasteiger partial charge in [-0.1, -0.05) is 29.8 Å². The lowest BCUT2D eigenvalue weighted by atomic mass is 10.1. The molecule has 0 saturated carbocycles. The first kappa shape index (κ1) is 19.3. The van der Waals surface area contributed by atoms with Gasteiger partial charge < -0.3 is 15.1 Å². The van der Waals surface area contributed by atoms with Gasteiger partial charge in [0.2, 0.25) is 0 Å². The topological polar surface area (TPSA) is 83.4 Å². The fourth-order valence-electron chi connectivity index (χ4n) is 2.58. The molecule has 0 aliphatic heterocycles. The van der Waals surface area contributed by atoms with E-state index in [1.807, 2.05) is 13.0 Å². The van der Waals surface area contributed by atoms with Crippen LogP contribution in [-0.2, 0) is 6.54 Å². The van der Waals surface area contributed by atoms with Crippen LogP contribution in [0.5, 0.6) is 0 Å². The van der Waals surface area contributed by atoms with Crippen molar-refractivity contribution in [3.05, 3.63) is 89.4 Å². The van der Waals surface area contributed by atoms with Crippen molar-refractivity contribution in [2.75, 3.05) is 5.32 Å². The number of rotatable bonds is 5. The highest BCUT2D eigenvalue weighted by Gasteiger charge is 2.14. The normalized spacial score (nSPS) is 10.2. The summed E-state index contributed by atoms with van der Waals surface area (Å²) in [6.45, 7) is 2.18. The fraction of sp³-hybridized carbons (Fsp3) is 0.0952. The second kappa shape index (κ2) is 8.96. The predicted octanol–water partition coefficient (Wildman–Crippen LogP) is 3.64. The average molecular weight is 393 g/mol. The molecule has 142 valence electrons. The average Bonchev–Trinajstić information content (AvgIpc) is 3.20. The van der Waals surface area contributed by atoms with Crippen LogP contribution in [0.25, 0.3) is 0 Å². The molecule has 1 heterocycles. The molecule has 0 spiro atoms. The number of hydrogen-bond acceptors (Lipinski definition) is 4. The third-order valence-electron chi connectivity index (χ3n) is 3.93. The molecule has 0 aliphatic carbocycles. The minimum Gasteiger partial charge on any atom is -0.467 e. The molecule has 7 heteroatoms. The first-order valence-corrected chi connectivity index (χ1v) is 9.02. The van der Waals surface area contributed by atoms with Crippen LogP contribution < -0.4 is 16.0 Å². The lowest BCUT2D eigenvalue weighted by Gasteiger charge is -2.13. The Kier molecular flexibility index (Phi) is 6.18. The first-order chi connectivity index (χ1) is 13.5. The van der Waals surface area contributed by atoms with Crippen LogP contribution in [0.1, 0.15) is 32.0 Å². The maximum absolute atomic E-state index is 12.5. The van der Waals surface area contributed by atoms with E-state index < -0.39 is 0 Å². The van der Waals surface area contributed by atoms with Gasteiger partial charge in [-0.3, -0.25) is 14.9 Å². The van der Waals surface area contributed by atoms with Gasteiger partial charge in [0, 0.05) is 5.56 Å². The van der Waals surface area contributed by atoms with Gasteiger partial charge in [-0.05, 0) is 55.5 Å². The Balaban J connectivity index is 1.64. The molecule has 6 nitrogen and oxygen atoms in total. The monoisotopic (exact) mass is 393 g/mol. The van der Waals surface area contributed by atoms with Crippen LogP contribution in [0.2, 0.25) is 0 Å². The molecule has 28 heavy (non-hydrogen) atoms. The molecule has 0 unspecified atom stereocenters. The Bertz CT molecular complexity index is 1000. The highest BCUT2D eigenvalue weighted by atomic mass is 32.1. The van der Waals surface area contributed by atoms with Crippen molar-refractivity contribution in [1.82, 2.24) is 10.6 Å². The summed E-state index contributed by atoms with van der Waals surface area (Å²) >= 11 is 5.23. The van der Waals surface area contributed by atoms with Gasteiger partial charge in [0.1, 0.15) is 5.76 Å². The minimum atomic E-state index is -0.319. The van der Waals surface area contributed by atoms with E-state index >= 15 is 0 Å². The number of furan rings is 1. The summed E-state index contributed by atoms with van der Waals surface area (Å²) in [5.41, 5.74) is 2.38. The van der Waals surface area contributed by atoms with E-state index in [0.29, 0.717) is 22.6 Å². The summed E-state index contributed by atoms with van der Waals surface area (Å²) in [6, 6.07) is 17.6. The number of aryl methyl sites for hydroxylation is 1. The number of carbonyl (C=O) groups is 2. The number of amides is 2. The quantitative estimate of drug-likeness (QED) is 0.577. The highest BCUT2D eigenvalue weighted by Crippen LogP contribution is 2.15. The Morgan fingerprint density at radius 3 is 2.57 bits per heavy atom. The third-order valence-corrected chi connectivity index (χ3v) is 4.13. The maximum atomic E-state index is 12.5.